The van der Waals surface area contributed by atoms with E-state index in [0.29, 0.717) is 18.1 Å². The van der Waals surface area contributed by atoms with Crippen molar-refractivity contribution in [2.24, 2.45) is 0 Å². The summed E-state index contributed by atoms with van der Waals surface area (Å²) in [6.45, 7) is 4.02. The SMILES string of the molecule is CCOc1ccc(/C=C/C(=O)O[C@H](C)C(=O)NC2CCCC2)cc1OC. The Labute approximate surface area is 154 Å². The highest BCUT2D eigenvalue weighted by Crippen LogP contribution is 2.28. The maximum atomic E-state index is 12.0. The number of amides is 1. The van der Waals surface area contributed by atoms with Gasteiger partial charge in [-0.1, -0.05) is 18.9 Å². The van der Waals surface area contributed by atoms with Gasteiger partial charge in [0.05, 0.1) is 13.7 Å². The van der Waals surface area contributed by atoms with Crippen LogP contribution in [-0.2, 0) is 14.3 Å². The van der Waals surface area contributed by atoms with Crippen LogP contribution < -0.4 is 14.8 Å². The highest BCUT2D eigenvalue weighted by atomic mass is 16.5. The van der Waals surface area contributed by atoms with Crippen LogP contribution in [0.5, 0.6) is 11.5 Å². The van der Waals surface area contributed by atoms with Gasteiger partial charge in [0.1, 0.15) is 0 Å². The van der Waals surface area contributed by atoms with Crippen LogP contribution in [-0.4, -0.2) is 37.7 Å². The first-order chi connectivity index (χ1) is 12.5. The van der Waals surface area contributed by atoms with Crippen molar-refractivity contribution in [1.82, 2.24) is 5.32 Å². The summed E-state index contributed by atoms with van der Waals surface area (Å²) in [7, 11) is 1.56. The minimum atomic E-state index is -0.817. The second-order valence-electron chi connectivity index (χ2n) is 6.25. The summed E-state index contributed by atoms with van der Waals surface area (Å²) in [4.78, 5) is 24.0. The van der Waals surface area contributed by atoms with Crippen molar-refractivity contribution in [3.63, 3.8) is 0 Å². The molecule has 142 valence electrons. The molecule has 6 nitrogen and oxygen atoms in total. The number of hydrogen-bond donors (Lipinski definition) is 1. The predicted octanol–water partition coefficient (Wildman–Crippen LogP) is 3.10. The van der Waals surface area contributed by atoms with E-state index in [9.17, 15) is 9.59 Å². The van der Waals surface area contributed by atoms with Crippen LogP contribution in [0.1, 0.15) is 45.1 Å². The molecule has 1 amide bonds. The lowest BCUT2D eigenvalue weighted by atomic mass is 10.2. The van der Waals surface area contributed by atoms with Crippen LogP contribution in [0, 0.1) is 0 Å². The highest BCUT2D eigenvalue weighted by molar-refractivity contribution is 5.90. The second kappa shape index (κ2) is 9.85. The molecule has 26 heavy (non-hydrogen) atoms. The fraction of sp³-hybridized carbons (Fsp3) is 0.500. The second-order valence-corrected chi connectivity index (χ2v) is 6.25. The van der Waals surface area contributed by atoms with Gasteiger partial charge in [0.25, 0.3) is 5.91 Å². The van der Waals surface area contributed by atoms with Crippen molar-refractivity contribution in [2.75, 3.05) is 13.7 Å². The van der Waals surface area contributed by atoms with Crippen molar-refractivity contribution >= 4 is 18.0 Å². The fourth-order valence-electron chi connectivity index (χ4n) is 2.88. The van der Waals surface area contributed by atoms with Crippen molar-refractivity contribution < 1.29 is 23.8 Å². The average Bonchev–Trinajstić information content (AvgIpc) is 3.14. The zero-order valence-electron chi connectivity index (χ0n) is 15.6. The van der Waals surface area contributed by atoms with E-state index < -0.39 is 12.1 Å². The molecule has 1 atom stereocenters. The molecule has 1 N–H and O–H groups in total. The zero-order valence-corrected chi connectivity index (χ0v) is 15.6. The van der Waals surface area contributed by atoms with Gasteiger partial charge in [-0.25, -0.2) is 4.79 Å². The lowest BCUT2D eigenvalue weighted by Crippen LogP contribution is -2.40. The van der Waals surface area contributed by atoms with Crippen LogP contribution in [0.25, 0.3) is 6.08 Å². The van der Waals surface area contributed by atoms with Crippen molar-refractivity contribution in [1.29, 1.82) is 0 Å². The number of ether oxygens (including phenoxy) is 3. The molecule has 1 aliphatic carbocycles. The van der Waals surface area contributed by atoms with Crippen LogP contribution in [0.2, 0.25) is 0 Å². The molecule has 1 fully saturated rings. The Morgan fingerprint density at radius 3 is 2.65 bits per heavy atom. The fourth-order valence-corrected chi connectivity index (χ4v) is 2.88. The highest BCUT2D eigenvalue weighted by Gasteiger charge is 2.22. The normalized spacial score (nSPS) is 15.7. The van der Waals surface area contributed by atoms with Crippen LogP contribution in [0.4, 0.5) is 0 Å². The summed E-state index contributed by atoms with van der Waals surface area (Å²) in [5, 5.41) is 2.92. The third kappa shape index (κ3) is 5.79. The molecular formula is C20H27NO5. The van der Waals surface area contributed by atoms with Gasteiger partial charge in [-0.15, -0.1) is 0 Å². The first-order valence-corrected chi connectivity index (χ1v) is 9.03. The molecule has 1 aromatic carbocycles. The summed E-state index contributed by atoms with van der Waals surface area (Å²) in [5.41, 5.74) is 0.769. The van der Waals surface area contributed by atoms with Crippen LogP contribution in [0.3, 0.4) is 0 Å². The van der Waals surface area contributed by atoms with E-state index >= 15 is 0 Å². The third-order valence-corrected chi connectivity index (χ3v) is 4.26. The summed E-state index contributed by atoms with van der Waals surface area (Å²) >= 11 is 0. The van der Waals surface area contributed by atoms with Gasteiger partial charge < -0.3 is 19.5 Å². The van der Waals surface area contributed by atoms with Gasteiger partial charge in [0.2, 0.25) is 0 Å². The number of methoxy groups -OCH3 is 1. The molecule has 6 heteroatoms. The van der Waals surface area contributed by atoms with E-state index in [0.717, 1.165) is 31.2 Å². The smallest absolute Gasteiger partial charge is 0.331 e. The van der Waals surface area contributed by atoms with Crippen molar-refractivity contribution in [3.05, 3.63) is 29.8 Å². The Morgan fingerprint density at radius 2 is 2.00 bits per heavy atom. The maximum Gasteiger partial charge on any atom is 0.331 e. The van der Waals surface area contributed by atoms with Gasteiger partial charge in [0.15, 0.2) is 17.6 Å². The van der Waals surface area contributed by atoms with Crippen LogP contribution in [0.15, 0.2) is 24.3 Å². The Balaban J connectivity index is 1.88. The number of carbonyl (C=O) groups excluding carboxylic acids is 2. The molecule has 0 radical (unpaired) electrons. The molecular weight excluding hydrogens is 334 g/mol. The lowest BCUT2D eigenvalue weighted by molar-refractivity contribution is -0.150. The number of esters is 1. The zero-order chi connectivity index (χ0) is 18.9. The summed E-state index contributed by atoms with van der Waals surface area (Å²) in [5.74, 6) is 0.423. The maximum absolute atomic E-state index is 12.0. The lowest BCUT2D eigenvalue weighted by Gasteiger charge is -2.16. The van der Waals surface area contributed by atoms with Gasteiger partial charge in [0, 0.05) is 12.1 Å². The van der Waals surface area contributed by atoms with Gasteiger partial charge in [-0.3, -0.25) is 4.79 Å². The number of nitrogens with one attached hydrogen (secondary N) is 1. The average molecular weight is 361 g/mol. The predicted molar refractivity (Wildman–Crippen MR) is 99.1 cm³/mol. The van der Waals surface area contributed by atoms with Crippen LogP contribution >= 0.6 is 0 Å². The Morgan fingerprint density at radius 1 is 1.27 bits per heavy atom. The molecule has 0 aliphatic heterocycles. The van der Waals surface area contributed by atoms with E-state index in [1.54, 1.807) is 32.2 Å². The van der Waals surface area contributed by atoms with E-state index in [1.807, 2.05) is 13.0 Å². The first-order valence-electron chi connectivity index (χ1n) is 9.03. The molecule has 0 bridgehead atoms. The van der Waals surface area contributed by atoms with Crippen molar-refractivity contribution in [2.45, 2.75) is 51.7 Å². The molecule has 1 saturated carbocycles. The standard InChI is InChI=1S/C20H27NO5/c1-4-25-17-11-9-15(13-18(17)24-3)10-12-19(22)26-14(2)20(23)21-16-7-5-6-8-16/h9-14,16H,4-8H2,1-3H3,(H,21,23)/b12-10+/t14-/m1/s1. The summed E-state index contributed by atoms with van der Waals surface area (Å²) in [6.07, 6.45) is 6.34. The third-order valence-electron chi connectivity index (χ3n) is 4.26. The van der Waals surface area contributed by atoms with E-state index in [2.05, 4.69) is 5.32 Å². The summed E-state index contributed by atoms with van der Waals surface area (Å²) < 4.78 is 15.9. The van der Waals surface area contributed by atoms with E-state index in [1.165, 1.54) is 6.08 Å². The Hall–Kier alpha value is -2.50. The minimum absolute atomic E-state index is 0.204. The van der Waals surface area contributed by atoms with E-state index in [4.69, 9.17) is 14.2 Å². The van der Waals surface area contributed by atoms with Crippen molar-refractivity contribution in [3.8, 4) is 11.5 Å². The number of hydrogen-bond acceptors (Lipinski definition) is 5. The Bertz CT molecular complexity index is 650. The minimum Gasteiger partial charge on any atom is -0.493 e. The number of benzene rings is 1. The first kappa shape index (κ1) is 19.8. The molecule has 0 saturated heterocycles. The largest absolute Gasteiger partial charge is 0.493 e. The summed E-state index contributed by atoms with van der Waals surface area (Å²) in [6, 6.07) is 5.57. The molecule has 0 spiro atoms. The molecule has 0 aromatic heterocycles. The molecule has 2 rings (SSSR count). The molecule has 0 heterocycles. The molecule has 0 unspecified atom stereocenters. The Kier molecular flexibility index (Phi) is 7.51. The quantitative estimate of drug-likeness (QED) is 0.569. The van der Waals surface area contributed by atoms with E-state index in [-0.39, 0.29) is 11.9 Å². The van der Waals surface area contributed by atoms with Gasteiger partial charge in [-0.05, 0) is 50.5 Å². The number of carbonyl (C=O) groups is 2. The van der Waals surface area contributed by atoms with Gasteiger partial charge in [-0.2, -0.15) is 0 Å². The monoisotopic (exact) mass is 361 g/mol. The number of rotatable bonds is 8. The molecule has 1 aliphatic rings. The van der Waals surface area contributed by atoms with Gasteiger partial charge >= 0.3 is 5.97 Å². The topological polar surface area (TPSA) is 73.9 Å². The molecule has 1 aromatic rings.